The lowest BCUT2D eigenvalue weighted by molar-refractivity contribution is -0.117. The number of nitrogens with one attached hydrogen (secondary N) is 2. The van der Waals surface area contributed by atoms with E-state index in [1.54, 1.807) is 7.11 Å². The highest BCUT2D eigenvalue weighted by Crippen LogP contribution is 2.35. The summed E-state index contributed by atoms with van der Waals surface area (Å²) in [4.78, 5) is 30.8. The molecule has 31 heavy (non-hydrogen) atoms. The van der Waals surface area contributed by atoms with Crippen molar-refractivity contribution in [3.63, 3.8) is 0 Å². The number of methoxy groups -OCH3 is 1. The molecule has 2 heterocycles. The topological polar surface area (TPSA) is 88.5 Å². The quantitative estimate of drug-likeness (QED) is 0.516. The van der Waals surface area contributed by atoms with E-state index in [-0.39, 0.29) is 17.4 Å². The second-order valence-corrected chi connectivity index (χ2v) is 7.76. The van der Waals surface area contributed by atoms with Crippen LogP contribution in [0.25, 0.3) is 28.0 Å². The number of ether oxygens (including phenoxy) is 1. The van der Waals surface area contributed by atoms with Gasteiger partial charge < -0.3 is 10.1 Å². The Balaban J connectivity index is 1.72. The molecular formula is C24H22N4O3. The van der Waals surface area contributed by atoms with E-state index in [4.69, 9.17) is 9.72 Å². The summed E-state index contributed by atoms with van der Waals surface area (Å²) in [6, 6.07) is 16.9. The largest absolute Gasteiger partial charge is 0.497 e. The van der Waals surface area contributed by atoms with Crippen LogP contribution in [0.1, 0.15) is 18.5 Å². The summed E-state index contributed by atoms with van der Waals surface area (Å²) < 4.78 is 6.63. The predicted molar refractivity (Wildman–Crippen MR) is 119 cm³/mol. The third kappa shape index (κ3) is 3.38. The average Bonchev–Trinajstić information content (AvgIpc) is 3.58. The highest BCUT2D eigenvalue weighted by molar-refractivity contribution is 6.01. The molecule has 2 aromatic heterocycles. The molecule has 1 amide bonds. The average molecular weight is 414 g/mol. The molecule has 0 atom stereocenters. The summed E-state index contributed by atoms with van der Waals surface area (Å²) in [5.74, 6) is 0.710. The second-order valence-electron chi connectivity index (χ2n) is 7.76. The van der Waals surface area contributed by atoms with Crippen LogP contribution < -0.4 is 15.6 Å². The molecule has 0 radical (unpaired) electrons. The van der Waals surface area contributed by atoms with Crippen molar-refractivity contribution < 1.29 is 9.53 Å². The van der Waals surface area contributed by atoms with Crippen LogP contribution in [0.2, 0.25) is 0 Å². The minimum Gasteiger partial charge on any atom is -0.497 e. The van der Waals surface area contributed by atoms with Gasteiger partial charge in [-0.1, -0.05) is 42.5 Å². The molecule has 1 saturated carbocycles. The molecule has 0 saturated heterocycles. The van der Waals surface area contributed by atoms with Gasteiger partial charge in [0.2, 0.25) is 5.91 Å². The van der Waals surface area contributed by atoms with Crippen LogP contribution in [0.5, 0.6) is 5.75 Å². The number of fused-ring (bicyclic) bond motifs is 1. The van der Waals surface area contributed by atoms with Crippen LogP contribution in [0.4, 0.5) is 5.69 Å². The van der Waals surface area contributed by atoms with Crippen molar-refractivity contribution >= 4 is 17.2 Å². The van der Waals surface area contributed by atoms with Crippen molar-refractivity contribution in [2.45, 2.75) is 19.8 Å². The number of nitrogens with zero attached hydrogens (tertiary/aromatic N) is 2. The first kappa shape index (κ1) is 19.1. The molecule has 156 valence electrons. The normalized spacial score (nSPS) is 13.4. The van der Waals surface area contributed by atoms with Gasteiger partial charge in [-0.2, -0.15) is 4.52 Å². The van der Waals surface area contributed by atoms with Crippen LogP contribution in [0.15, 0.2) is 59.4 Å². The molecular weight excluding hydrogens is 392 g/mol. The van der Waals surface area contributed by atoms with Gasteiger partial charge in [-0.3, -0.25) is 14.7 Å². The van der Waals surface area contributed by atoms with E-state index in [0.29, 0.717) is 34.0 Å². The Morgan fingerprint density at radius 1 is 1.10 bits per heavy atom. The first-order valence-corrected chi connectivity index (χ1v) is 10.2. The van der Waals surface area contributed by atoms with E-state index in [0.717, 1.165) is 24.0 Å². The minimum atomic E-state index is -0.225. The zero-order valence-electron chi connectivity index (χ0n) is 17.3. The zero-order chi connectivity index (χ0) is 21.5. The minimum absolute atomic E-state index is 0.0324. The van der Waals surface area contributed by atoms with Crippen LogP contribution in [-0.2, 0) is 4.79 Å². The number of carbonyl (C=O) groups excluding carboxylic acids is 1. The molecule has 0 aliphatic heterocycles. The Morgan fingerprint density at radius 2 is 1.81 bits per heavy atom. The fourth-order valence-electron chi connectivity index (χ4n) is 3.77. The zero-order valence-corrected chi connectivity index (χ0v) is 17.3. The van der Waals surface area contributed by atoms with Gasteiger partial charge in [-0.15, -0.1) is 0 Å². The van der Waals surface area contributed by atoms with E-state index >= 15 is 0 Å². The van der Waals surface area contributed by atoms with Gasteiger partial charge in [0.25, 0.3) is 5.56 Å². The molecule has 1 aliphatic rings. The van der Waals surface area contributed by atoms with E-state index < -0.39 is 0 Å². The number of aromatic amines is 1. The SMILES string of the molecule is COc1ccc(-c2c(C)nc3c(NC(=O)C4CC4)c(-c4ccccc4)[nH]n3c2=O)cc1. The number of H-pyrrole nitrogens is 1. The molecule has 1 aliphatic carbocycles. The molecule has 7 heteroatoms. The number of anilines is 1. The first-order chi connectivity index (χ1) is 15.1. The number of aryl methyl sites for hydroxylation is 1. The summed E-state index contributed by atoms with van der Waals surface area (Å²) in [6.07, 6.45) is 1.78. The lowest BCUT2D eigenvalue weighted by Gasteiger charge is -2.08. The molecule has 0 spiro atoms. The van der Waals surface area contributed by atoms with Gasteiger partial charge in [0.05, 0.1) is 24.1 Å². The maximum Gasteiger partial charge on any atom is 0.280 e. The standard InChI is InChI=1S/C24H22N4O3/c1-14-19(15-10-12-18(31-2)13-11-15)24(30)28-22(25-14)21(26-23(29)17-8-9-17)20(27-28)16-6-4-3-5-7-16/h3-7,10-13,17,27H,8-9H2,1-2H3,(H,26,29). The monoisotopic (exact) mass is 414 g/mol. The Labute approximate surface area is 178 Å². The van der Waals surface area contributed by atoms with E-state index in [1.165, 1.54) is 4.52 Å². The summed E-state index contributed by atoms with van der Waals surface area (Å²) in [5, 5.41) is 6.19. The third-order valence-electron chi connectivity index (χ3n) is 5.60. The van der Waals surface area contributed by atoms with Gasteiger partial charge in [-0.05, 0) is 37.5 Å². The first-order valence-electron chi connectivity index (χ1n) is 10.2. The van der Waals surface area contributed by atoms with Crippen LogP contribution in [-0.4, -0.2) is 27.6 Å². The van der Waals surface area contributed by atoms with Crippen molar-refractivity contribution in [2.24, 2.45) is 5.92 Å². The summed E-state index contributed by atoms with van der Waals surface area (Å²) in [5.41, 5.74) is 4.09. The van der Waals surface area contributed by atoms with Gasteiger partial charge in [-0.25, -0.2) is 4.98 Å². The Hall–Kier alpha value is -3.87. The number of benzene rings is 2. The molecule has 2 N–H and O–H groups in total. The predicted octanol–water partition coefficient (Wildman–Crippen LogP) is 4.02. The molecule has 1 fully saturated rings. The molecule has 0 bridgehead atoms. The maximum absolute atomic E-state index is 13.5. The number of amides is 1. The lowest BCUT2D eigenvalue weighted by atomic mass is 10.1. The van der Waals surface area contributed by atoms with E-state index in [9.17, 15) is 9.59 Å². The van der Waals surface area contributed by atoms with Gasteiger partial charge in [0.15, 0.2) is 5.65 Å². The summed E-state index contributed by atoms with van der Waals surface area (Å²) in [6.45, 7) is 1.81. The number of aromatic nitrogens is 3. The molecule has 4 aromatic rings. The van der Waals surface area contributed by atoms with Crippen LogP contribution in [0, 0.1) is 12.8 Å². The smallest absolute Gasteiger partial charge is 0.280 e. The highest BCUT2D eigenvalue weighted by Gasteiger charge is 2.31. The highest BCUT2D eigenvalue weighted by atomic mass is 16.5. The van der Waals surface area contributed by atoms with Gasteiger partial charge in [0.1, 0.15) is 11.4 Å². The van der Waals surface area contributed by atoms with Crippen LogP contribution in [0.3, 0.4) is 0 Å². The Bertz CT molecular complexity index is 1330. The maximum atomic E-state index is 13.5. The lowest BCUT2D eigenvalue weighted by Crippen LogP contribution is -2.20. The Morgan fingerprint density at radius 3 is 2.45 bits per heavy atom. The van der Waals surface area contributed by atoms with Crippen molar-refractivity contribution in [1.29, 1.82) is 0 Å². The summed E-state index contributed by atoms with van der Waals surface area (Å²) >= 11 is 0. The molecule has 5 rings (SSSR count). The van der Waals surface area contributed by atoms with Crippen molar-refractivity contribution in [3.05, 3.63) is 70.6 Å². The fraction of sp³-hybridized carbons (Fsp3) is 0.208. The third-order valence-corrected chi connectivity index (χ3v) is 5.60. The fourth-order valence-corrected chi connectivity index (χ4v) is 3.77. The number of rotatable bonds is 5. The molecule has 0 unspecified atom stereocenters. The van der Waals surface area contributed by atoms with Gasteiger partial charge >= 0.3 is 0 Å². The summed E-state index contributed by atoms with van der Waals surface area (Å²) in [7, 11) is 1.60. The van der Waals surface area contributed by atoms with Crippen molar-refractivity contribution in [1.82, 2.24) is 14.6 Å². The second kappa shape index (κ2) is 7.43. The van der Waals surface area contributed by atoms with Crippen LogP contribution >= 0.6 is 0 Å². The van der Waals surface area contributed by atoms with Crippen molar-refractivity contribution in [3.8, 4) is 28.1 Å². The number of carbonyl (C=O) groups is 1. The van der Waals surface area contributed by atoms with E-state index in [2.05, 4.69) is 10.4 Å². The van der Waals surface area contributed by atoms with E-state index in [1.807, 2.05) is 61.5 Å². The molecule has 7 nitrogen and oxygen atoms in total. The number of hydrogen-bond donors (Lipinski definition) is 2. The Kier molecular flexibility index (Phi) is 4.58. The number of hydrogen-bond acceptors (Lipinski definition) is 4. The van der Waals surface area contributed by atoms with Crippen molar-refractivity contribution in [2.75, 3.05) is 12.4 Å². The van der Waals surface area contributed by atoms with Gasteiger partial charge in [0, 0.05) is 11.5 Å². The molecule has 2 aromatic carbocycles.